The molecule has 0 unspecified atom stereocenters. The minimum Gasteiger partial charge on any atom is -0.313 e. The molecule has 0 aliphatic rings. The second-order valence-electron chi connectivity index (χ2n) is 2.66. The monoisotopic (exact) mass is 207 g/mol. The van der Waals surface area contributed by atoms with E-state index in [0.717, 1.165) is 5.56 Å². The standard InChI is InChI=1S/C9H6ClN3O/c10-8-3-6(1-2-11-8)7-4-9(14)13-5-12-7/h1-5H,(H,12,13,14). The van der Waals surface area contributed by atoms with E-state index in [4.69, 9.17) is 11.6 Å². The molecule has 2 aromatic rings. The van der Waals surface area contributed by atoms with Crippen molar-refractivity contribution < 1.29 is 0 Å². The van der Waals surface area contributed by atoms with E-state index in [1.165, 1.54) is 12.4 Å². The highest BCUT2D eigenvalue weighted by Gasteiger charge is 2.00. The summed E-state index contributed by atoms with van der Waals surface area (Å²) in [5.74, 6) is 0. The van der Waals surface area contributed by atoms with Crippen molar-refractivity contribution in [3.05, 3.63) is 46.2 Å². The molecular formula is C9H6ClN3O. The van der Waals surface area contributed by atoms with Crippen LogP contribution in [0.3, 0.4) is 0 Å². The number of nitrogens with one attached hydrogen (secondary N) is 1. The van der Waals surface area contributed by atoms with Gasteiger partial charge in [-0.2, -0.15) is 0 Å². The number of halogens is 1. The first kappa shape index (κ1) is 8.90. The Morgan fingerprint density at radius 1 is 1.29 bits per heavy atom. The number of hydrogen-bond acceptors (Lipinski definition) is 3. The van der Waals surface area contributed by atoms with Crippen molar-refractivity contribution in [3.63, 3.8) is 0 Å². The van der Waals surface area contributed by atoms with Crippen LogP contribution in [0.4, 0.5) is 0 Å². The molecule has 0 radical (unpaired) electrons. The molecule has 0 saturated carbocycles. The van der Waals surface area contributed by atoms with Crippen molar-refractivity contribution in [2.45, 2.75) is 0 Å². The molecule has 70 valence electrons. The minimum atomic E-state index is -0.192. The quantitative estimate of drug-likeness (QED) is 0.721. The van der Waals surface area contributed by atoms with Crippen LogP contribution >= 0.6 is 11.6 Å². The molecule has 5 heteroatoms. The van der Waals surface area contributed by atoms with E-state index >= 15 is 0 Å². The third-order valence-corrected chi connectivity index (χ3v) is 1.91. The summed E-state index contributed by atoms with van der Waals surface area (Å²) in [7, 11) is 0. The lowest BCUT2D eigenvalue weighted by molar-refractivity contribution is 1.12. The van der Waals surface area contributed by atoms with Crippen LogP contribution in [0.2, 0.25) is 5.15 Å². The zero-order chi connectivity index (χ0) is 9.97. The van der Waals surface area contributed by atoms with E-state index in [0.29, 0.717) is 10.8 Å². The van der Waals surface area contributed by atoms with Gasteiger partial charge < -0.3 is 4.98 Å². The molecular weight excluding hydrogens is 202 g/mol. The maximum absolute atomic E-state index is 11.0. The molecule has 0 aliphatic carbocycles. The normalized spacial score (nSPS) is 10.1. The van der Waals surface area contributed by atoms with Gasteiger partial charge in [0.1, 0.15) is 5.15 Å². The molecule has 2 rings (SSSR count). The average molecular weight is 208 g/mol. The zero-order valence-corrected chi connectivity index (χ0v) is 7.82. The molecule has 2 heterocycles. The number of rotatable bonds is 1. The first-order valence-corrected chi connectivity index (χ1v) is 4.30. The zero-order valence-electron chi connectivity index (χ0n) is 7.07. The Balaban J connectivity index is 2.55. The SMILES string of the molecule is O=c1cc(-c2ccnc(Cl)c2)nc[nH]1. The van der Waals surface area contributed by atoms with Gasteiger partial charge in [-0.05, 0) is 12.1 Å². The van der Waals surface area contributed by atoms with Crippen LogP contribution in [0.25, 0.3) is 11.3 Å². The summed E-state index contributed by atoms with van der Waals surface area (Å²) in [5.41, 5.74) is 1.16. The molecule has 0 spiro atoms. The Morgan fingerprint density at radius 3 is 2.86 bits per heavy atom. The lowest BCUT2D eigenvalue weighted by Crippen LogP contribution is -2.04. The van der Waals surface area contributed by atoms with E-state index in [1.54, 1.807) is 18.3 Å². The van der Waals surface area contributed by atoms with Crippen molar-refractivity contribution in [2.75, 3.05) is 0 Å². The highest BCUT2D eigenvalue weighted by Crippen LogP contribution is 2.16. The lowest BCUT2D eigenvalue weighted by atomic mass is 10.2. The highest BCUT2D eigenvalue weighted by molar-refractivity contribution is 6.29. The van der Waals surface area contributed by atoms with Crippen molar-refractivity contribution in [3.8, 4) is 11.3 Å². The van der Waals surface area contributed by atoms with Crippen molar-refractivity contribution in [1.82, 2.24) is 15.0 Å². The largest absolute Gasteiger partial charge is 0.313 e. The predicted octanol–water partition coefficient (Wildman–Crippen LogP) is 1.49. The summed E-state index contributed by atoms with van der Waals surface area (Å²) in [6.45, 7) is 0. The fourth-order valence-corrected chi connectivity index (χ4v) is 1.26. The van der Waals surface area contributed by atoms with E-state index in [2.05, 4.69) is 15.0 Å². The van der Waals surface area contributed by atoms with Gasteiger partial charge in [-0.1, -0.05) is 11.6 Å². The van der Waals surface area contributed by atoms with Gasteiger partial charge in [0.25, 0.3) is 5.56 Å². The van der Waals surface area contributed by atoms with Gasteiger partial charge in [-0.25, -0.2) is 9.97 Å². The van der Waals surface area contributed by atoms with Crippen molar-refractivity contribution in [1.29, 1.82) is 0 Å². The molecule has 14 heavy (non-hydrogen) atoms. The number of aromatic amines is 1. The first-order valence-electron chi connectivity index (χ1n) is 3.92. The molecule has 0 fully saturated rings. The fourth-order valence-electron chi connectivity index (χ4n) is 1.09. The van der Waals surface area contributed by atoms with Crippen LogP contribution in [-0.2, 0) is 0 Å². The van der Waals surface area contributed by atoms with Gasteiger partial charge in [0.15, 0.2) is 0 Å². The Hall–Kier alpha value is -1.68. The molecule has 4 nitrogen and oxygen atoms in total. The molecule has 0 saturated heterocycles. The molecule has 0 bridgehead atoms. The average Bonchev–Trinajstić information content (AvgIpc) is 2.18. The van der Waals surface area contributed by atoms with Crippen LogP contribution < -0.4 is 5.56 Å². The van der Waals surface area contributed by atoms with E-state index in [-0.39, 0.29) is 5.56 Å². The van der Waals surface area contributed by atoms with E-state index in [1.807, 2.05) is 0 Å². The molecule has 0 atom stereocenters. The van der Waals surface area contributed by atoms with Crippen LogP contribution in [-0.4, -0.2) is 15.0 Å². The lowest BCUT2D eigenvalue weighted by Gasteiger charge is -1.98. The van der Waals surface area contributed by atoms with Gasteiger partial charge in [0, 0.05) is 17.8 Å². The summed E-state index contributed by atoms with van der Waals surface area (Å²) in [6.07, 6.45) is 2.92. The third-order valence-electron chi connectivity index (χ3n) is 1.70. The summed E-state index contributed by atoms with van der Waals surface area (Å²) >= 11 is 5.71. The summed E-state index contributed by atoms with van der Waals surface area (Å²) in [5, 5.41) is 0.379. The van der Waals surface area contributed by atoms with Gasteiger partial charge in [-0.3, -0.25) is 4.79 Å². The number of hydrogen-bond donors (Lipinski definition) is 1. The van der Waals surface area contributed by atoms with Gasteiger partial charge >= 0.3 is 0 Å². The van der Waals surface area contributed by atoms with Gasteiger partial charge in [-0.15, -0.1) is 0 Å². The number of H-pyrrole nitrogens is 1. The number of nitrogens with zero attached hydrogens (tertiary/aromatic N) is 2. The number of pyridine rings is 1. The van der Waals surface area contributed by atoms with Crippen LogP contribution in [0.5, 0.6) is 0 Å². The Labute approximate surface area is 84.6 Å². The van der Waals surface area contributed by atoms with E-state index < -0.39 is 0 Å². The maximum Gasteiger partial charge on any atom is 0.251 e. The second-order valence-corrected chi connectivity index (χ2v) is 3.05. The summed E-state index contributed by atoms with van der Waals surface area (Å²) < 4.78 is 0. The fraction of sp³-hybridized carbons (Fsp3) is 0. The van der Waals surface area contributed by atoms with Crippen molar-refractivity contribution >= 4 is 11.6 Å². The Kier molecular flexibility index (Phi) is 2.28. The minimum absolute atomic E-state index is 0.192. The van der Waals surface area contributed by atoms with Crippen molar-refractivity contribution in [2.24, 2.45) is 0 Å². The molecule has 1 N–H and O–H groups in total. The summed E-state index contributed by atoms with van der Waals surface area (Å²) in [4.78, 5) is 21.3. The topological polar surface area (TPSA) is 58.6 Å². The predicted molar refractivity (Wildman–Crippen MR) is 53.1 cm³/mol. The first-order chi connectivity index (χ1) is 6.75. The Bertz CT molecular complexity index is 509. The Morgan fingerprint density at radius 2 is 2.14 bits per heavy atom. The van der Waals surface area contributed by atoms with Crippen LogP contribution in [0.1, 0.15) is 0 Å². The third kappa shape index (κ3) is 1.80. The van der Waals surface area contributed by atoms with Gasteiger partial charge in [0.05, 0.1) is 12.0 Å². The van der Waals surface area contributed by atoms with Gasteiger partial charge in [0.2, 0.25) is 0 Å². The highest BCUT2D eigenvalue weighted by atomic mass is 35.5. The van der Waals surface area contributed by atoms with E-state index in [9.17, 15) is 4.79 Å². The number of aromatic nitrogens is 3. The molecule has 0 aromatic carbocycles. The maximum atomic E-state index is 11.0. The van der Waals surface area contributed by atoms with Crippen LogP contribution in [0.15, 0.2) is 35.5 Å². The molecule has 0 aliphatic heterocycles. The molecule has 0 amide bonds. The van der Waals surface area contributed by atoms with Crippen LogP contribution in [0, 0.1) is 0 Å². The molecule has 2 aromatic heterocycles. The smallest absolute Gasteiger partial charge is 0.251 e. The second kappa shape index (κ2) is 3.59. The summed E-state index contributed by atoms with van der Waals surface area (Å²) in [6, 6.07) is 4.81.